The molecule has 0 amide bonds. The highest BCUT2D eigenvalue weighted by molar-refractivity contribution is 6.28. The number of nitrogens with zero attached hydrogens (tertiary/aromatic N) is 3. The highest BCUT2D eigenvalue weighted by atomic mass is 35.5. The molecule has 3 rings (SSSR count). The lowest BCUT2D eigenvalue weighted by Gasteiger charge is -2.11. The smallest absolute Gasteiger partial charge is 0.323 e. The second-order valence-corrected chi connectivity index (χ2v) is 6.42. The molecule has 0 aliphatic rings. The molecule has 3 aromatic rings. The molecule has 0 saturated carbocycles. The highest BCUT2D eigenvalue weighted by Gasteiger charge is 2.16. The van der Waals surface area contributed by atoms with Gasteiger partial charge in [0.05, 0.1) is 0 Å². The number of rotatable bonds is 7. The number of benzene rings is 1. The molecule has 0 aliphatic heterocycles. The van der Waals surface area contributed by atoms with Gasteiger partial charge in [0, 0.05) is 13.1 Å². The predicted octanol–water partition coefficient (Wildman–Crippen LogP) is 2.97. The maximum absolute atomic E-state index is 12.8. The Labute approximate surface area is 150 Å². The summed E-state index contributed by atoms with van der Waals surface area (Å²) in [5.41, 5.74) is 1.14. The van der Waals surface area contributed by atoms with Crippen molar-refractivity contribution in [3.63, 3.8) is 0 Å². The number of halogens is 1. The molecule has 0 atom stereocenters. The number of imidazole rings is 1. The van der Waals surface area contributed by atoms with Crippen LogP contribution in [0.15, 0.2) is 39.9 Å². The summed E-state index contributed by atoms with van der Waals surface area (Å²) in [5, 5.41) is 0.124. The fourth-order valence-electron chi connectivity index (χ4n) is 2.94. The van der Waals surface area contributed by atoms with Crippen LogP contribution < -0.4 is 11.2 Å². The first-order valence-corrected chi connectivity index (χ1v) is 8.92. The summed E-state index contributed by atoms with van der Waals surface area (Å²) in [6.07, 6.45) is 3.30. The average Bonchev–Trinajstić information content (AvgIpc) is 3.00. The van der Waals surface area contributed by atoms with Gasteiger partial charge in [0.15, 0.2) is 11.2 Å². The van der Waals surface area contributed by atoms with E-state index in [0.717, 1.165) is 19.3 Å². The lowest BCUT2D eigenvalue weighted by atomic mass is 10.1. The summed E-state index contributed by atoms with van der Waals surface area (Å²) in [6.45, 7) is 2.94. The van der Waals surface area contributed by atoms with E-state index in [1.54, 1.807) is 4.57 Å². The van der Waals surface area contributed by atoms with E-state index in [0.29, 0.717) is 30.7 Å². The average molecular weight is 361 g/mol. The van der Waals surface area contributed by atoms with Gasteiger partial charge < -0.3 is 4.98 Å². The lowest BCUT2D eigenvalue weighted by molar-refractivity contribution is 0.533. The molecule has 0 spiro atoms. The molecule has 132 valence electrons. The molecule has 0 radical (unpaired) electrons. The Hall–Kier alpha value is -2.34. The van der Waals surface area contributed by atoms with Crippen molar-refractivity contribution >= 4 is 22.8 Å². The number of hydrogen-bond donors (Lipinski definition) is 1. The largest absolute Gasteiger partial charge is 0.332 e. The van der Waals surface area contributed by atoms with E-state index in [-0.39, 0.29) is 16.5 Å². The van der Waals surface area contributed by atoms with E-state index in [1.807, 2.05) is 30.3 Å². The summed E-state index contributed by atoms with van der Waals surface area (Å²) in [4.78, 5) is 32.3. The second-order valence-electron chi connectivity index (χ2n) is 6.06. The van der Waals surface area contributed by atoms with Crippen LogP contribution >= 0.6 is 11.6 Å². The van der Waals surface area contributed by atoms with Crippen molar-refractivity contribution in [2.24, 2.45) is 0 Å². The molecule has 0 aliphatic carbocycles. The fraction of sp³-hybridized carbons (Fsp3) is 0.389. The first-order chi connectivity index (χ1) is 12.1. The number of fused-ring (bicyclic) bond motifs is 1. The molecule has 1 aromatic carbocycles. The van der Waals surface area contributed by atoms with E-state index in [2.05, 4.69) is 16.9 Å². The Morgan fingerprint density at radius 2 is 1.80 bits per heavy atom. The molecule has 1 N–H and O–H groups in total. The number of aromatic nitrogens is 4. The fourth-order valence-corrected chi connectivity index (χ4v) is 3.11. The van der Waals surface area contributed by atoms with Gasteiger partial charge in [-0.2, -0.15) is 4.98 Å². The maximum Gasteiger partial charge on any atom is 0.332 e. The van der Waals surface area contributed by atoms with Crippen molar-refractivity contribution < 1.29 is 0 Å². The maximum atomic E-state index is 12.8. The van der Waals surface area contributed by atoms with Crippen LogP contribution in [0.25, 0.3) is 11.2 Å². The van der Waals surface area contributed by atoms with Gasteiger partial charge >= 0.3 is 5.69 Å². The van der Waals surface area contributed by atoms with Crippen molar-refractivity contribution in [3.05, 3.63) is 62.0 Å². The zero-order chi connectivity index (χ0) is 17.8. The van der Waals surface area contributed by atoms with Gasteiger partial charge in [-0.1, -0.05) is 43.7 Å². The van der Waals surface area contributed by atoms with Crippen LogP contribution in [0.4, 0.5) is 0 Å². The number of unbranched alkanes of at least 4 members (excludes halogenated alkanes) is 1. The topological polar surface area (TPSA) is 72.7 Å². The van der Waals surface area contributed by atoms with Crippen LogP contribution in [-0.2, 0) is 19.5 Å². The third-order valence-electron chi connectivity index (χ3n) is 4.26. The van der Waals surface area contributed by atoms with Crippen molar-refractivity contribution in [2.75, 3.05) is 0 Å². The predicted molar refractivity (Wildman–Crippen MR) is 99.3 cm³/mol. The molecule has 25 heavy (non-hydrogen) atoms. The zero-order valence-corrected chi connectivity index (χ0v) is 14.9. The molecule has 2 heterocycles. The van der Waals surface area contributed by atoms with Crippen LogP contribution in [-0.4, -0.2) is 19.1 Å². The van der Waals surface area contributed by atoms with E-state index >= 15 is 0 Å². The Bertz CT molecular complexity index is 972. The first-order valence-electron chi connectivity index (χ1n) is 8.54. The molecular weight excluding hydrogens is 340 g/mol. The SMILES string of the molecule is CCCCn1c(=O)n(CCCc2ccccc2)c(=O)c2[nH]c(Cl)nc21. The Morgan fingerprint density at radius 1 is 1.08 bits per heavy atom. The molecule has 6 nitrogen and oxygen atoms in total. The normalized spacial score (nSPS) is 11.3. The first kappa shape index (κ1) is 17.5. The number of nitrogens with one attached hydrogen (secondary N) is 1. The van der Waals surface area contributed by atoms with Crippen LogP contribution in [0.5, 0.6) is 0 Å². The van der Waals surface area contributed by atoms with Gasteiger partial charge in [0.25, 0.3) is 5.56 Å². The molecule has 0 fully saturated rings. The lowest BCUT2D eigenvalue weighted by Crippen LogP contribution is -2.40. The number of H-pyrrole nitrogens is 1. The summed E-state index contributed by atoms with van der Waals surface area (Å²) in [5.74, 6) is 0. The third kappa shape index (κ3) is 3.69. The van der Waals surface area contributed by atoms with E-state index in [9.17, 15) is 9.59 Å². The van der Waals surface area contributed by atoms with Crippen molar-refractivity contribution in [2.45, 2.75) is 45.7 Å². The van der Waals surface area contributed by atoms with Gasteiger partial charge in [-0.25, -0.2) is 4.79 Å². The summed E-state index contributed by atoms with van der Waals surface area (Å²) in [7, 11) is 0. The van der Waals surface area contributed by atoms with E-state index in [4.69, 9.17) is 11.6 Å². The van der Waals surface area contributed by atoms with Gasteiger partial charge in [0.1, 0.15) is 0 Å². The van der Waals surface area contributed by atoms with E-state index in [1.165, 1.54) is 10.1 Å². The van der Waals surface area contributed by atoms with Gasteiger partial charge in [0.2, 0.25) is 5.28 Å². The van der Waals surface area contributed by atoms with Gasteiger partial charge in [-0.3, -0.25) is 13.9 Å². The number of aromatic amines is 1. The zero-order valence-electron chi connectivity index (χ0n) is 14.2. The molecule has 0 unspecified atom stereocenters. The van der Waals surface area contributed by atoms with E-state index < -0.39 is 0 Å². The second kappa shape index (κ2) is 7.70. The number of hydrogen-bond acceptors (Lipinski definition) is 3. The minimum absolute atomic E-state index is 0.124. The van der Waals surface area contributed by atoms with Crippen molar-refractivity contribution in [3.8, 4) is 0 Å². The Balaban J connectivity index is 1.93. The van der Waals surface area contributed by atoms with Crippen LogP contribution in [0.3, 0.4) is 0 Å². The van der Waals surface area contributed by atoms with Gasteiger partial charge in [-0.15, -0.1) is 0 Å². The minimum atomic E-state index is -0.361. The Kier molecular flexibility index (Phi) is 5.38. The highest BCUT2D eigenvalue weighted by Crippen LogP contribution is 2.11. The summed E-state index contributed by atoms with van der Waals surface area (Å²) < 4.78 is 2.83. The quantitative estimate of drug-likeness (QED) is 0.658. The minimum Gasteiger partial charge on any atom is -0.323 e. The third-order valence-corrected chi connectivity index (χ3v) is 4.44. The molecule has 2 aromatic heterocycles. The summed E-state index contributed by atoms with van der Waals surface area (Å²) >= 11 is 5.92. The van der Waals surface area contributed by atoms with Crippen molar-refractivity contribution in [1.29, 1.82) is 0 Å². The standard InChI is InChI=1S/C18H21ClN4O2/c1-2-3-11-22-15-14(20-17(19)21-15)16(24)23(18(22)25)12-7-10-13-8-5-4-6-9-13/h4-6,8-9H,2-3,7,10-12H2,1H3,(H,20,21). The molecule has 0 saturated heterocycles. The molecular formula is C18H21ClN4O2. The van der Waals surface area contributed by atoms with Crippen LogP contribution in [0.2, 0.25) is 5.28 Å². The Morgan fingerprint density at radius 3 is 2.52 bits per heavy atom. The van der Waals surface area contributed by atoms with Gasteiger partial charge in [-0.05, 0) is 36.4 Å². The molecule has 7 heteroatoms. The van der Waals surface area contributed by atoms with Crippen molar-refractivity contribution in [1.82, 2.24) is 19.1 Å². The number of aryl methyl sites for hydroxylation is 2. The van der Waals surface area contributed by atoms with Crippen LogP contribution in [0.1, 0.15) is 31.7 Å². The monoisotopic (exact) mass is 360 g/mol. The van der Waals surface area contributed by atoms with Crippen LogP contribution in [0, 0.1) is 0 Å². The summed E-state index contributed by atoms with van der Waals surface area (Å²) in [6, 6.07) is 10.0. The molecule has 0 bridgehead atoms.